The highest BCUT2D eigenvalue weighted by atomic mass is 32.1. The van der Waals surface area contributed by atoms with Gasteiger partial charge in [-0.15, -0.1) is 22.7 Å². The molecule has 0 saturated heterocycles. The van der Waals surface area contributed by atoms with E-state index in [9.17, 15) is 4.79 Å². The van der Waals surface area contributed by atoms with Crippen LogP contribution in [0.25, 0.3) is 0 Å². The van der Waals surface area contributed by atoms with E-state index in [-0.39, 0.29) is 12.3 Å². The Kier molecular flexibility index (Phi) is 5.30. The molecule has 114 valence electrons. The molecule has 0 aliphatic rings. The van der Waals surface area contributed by atoms with Gasteiger partial charge in [0, 0.05) is 22.5 Å². The molecule has 0 fully saturated rings. The summed E-state index contributed by atoms with van der Waals surface area (Å²) in [6.07, 6.45) is 2.09. The van der Waals surface area contributed by atoms with Crippen molar-refractivity contribution in [2.75, 3.05) is 10.6 Å². The fourth-order valence-corrected chi connectivity index (χ4v) is 3.33. The predicted octanol–water partition coefficient (Wildman–Crippen LogP) is 3.72. The topological polar surface area (TPSA) is 66.9 Å². The molecule has 0 aliphatic heterocycles. The number of nitrogens with one attached hydrogen (secondary N) is 2. The lowest BCUT2D eigenvalue weighted by Gasteiger charge is -2.04. The maximum atomic E-state index is 12.0. The summed E-state index contributed by atoms with van der Waals surface area (Å²) >= 11 is 3.04. The molecule has 0 saturated carbocycles. The Morgan fingerprint density at radius 2 is 2.05 bits per heavy atom. The van der Waals surface area contributed by atoms with Crippen molar-refractivity contribution in [1.82, 2.24) is 9.97 Å². The Balaban J connectivity index is 1.90. The first-order valence-corrected chi connectivity index (χ1v) is 8.60. The van der Waals surface area contributed by atoms with Crippen molar-refractivity contribution in [2.45, 2.75) is 46.1 Å². The van der Waals surface area contributed by atoms with Crippen LogP contribution >= 0.6 is 22.7 Å². The quantitative estimate of drug-likeness (QED) is 0.850. The van der Waals surface area contributed by atoms with Gasteiger partial charge in [-0.3, -0.25) is 4.79 Å². The third-order valence-electron chi connectivity index (χ3n) is 2.64. The van der Waals surface area contributed by atoms with Gasteiger partial charge >= 0.3 is 0 Å². The van der Waals surface area contributed by atoms with Gasteiger partial charge in [0.15, 0.2) is 10.3 Å². The van der Waals surface area contributed by atoms with Gasteiger partial charge in [0.25, 0.3) is 0 Å². The average Bonchev–Trinajstić information content (AvgIpc) is 2.98. The second-order valence-corrected chi connectivity index (χ2v) is 7.31. The molecule has 0 aromatic carbocycles. The zero-order chi connectivity index (χ0) is 15.4. The number of thiazole rings is 2. The molecule has 0 bridgehead atoms. The molecule has 1 amide bonds. The van der Waals surface area contributed by atoms with E-state index in [2.05, 4.69) is 48.3 Å². The van der Waals surface area contributed by atoms with Crippen molar-refractivity contribution in [3.05, 3.63) is 22.1 Å². The van der Waals surface area contributed by atoms with Crippen LogP contribution in [0.1, 0.15) is 44.2 Å². The van der Waals surface area contributed by atoms with Crippen LogP contribution in [0.2, 0.25) is 0 Å². The number of amides is 1. The molecule has 2 aromatic rings. The second-order valence-electron chi connectivity index (χ2n) is 5.39. The van der Waals surface area contributed by atoms with Crippen LogP contribution < -0.4 is 10.6 Å². The van der Waals surface area contributed by atoms with Crippen molar-refractivity contribution >= 4 is 38.8 Å². The SMILES string of the molecule is CC(C)Nc1nc(CC(=O)Nc2ncc(C(C)C)s2)cs1. The van der Waals surface area contributed by atoms with Gasteiger partial charge in [-0.1, -0.05) is 13.8 Å². The van der Waals surface area contributed by atoms with Crippen molar-refractivity contribution < 1.29 is 4.79 Å². The number of nitrogens with zero attached hydrogens (tertiary/aromatic N) is 2. The highest BCUT2D eigenvalue weighted by molar-refractivity contribution is 7.15. The van der Waals surface area contributed by atoms with E-state index < -0.39 is 0 Å². The highest BCUT2D eigenvalue weighted by Crippen LogP contribution is 2.25. The fraction of sp³-hybridized carbons (Fsp3) is 0.500. The number of carbonyl (C=O) groups excluding carboxylic acids is 1. The van der Waals surface area contributed by atoms with Gasteiger partial charge in [0.2, 0.25) is 5.91 Å². The van der Waals surface area contributed by atoms with Crippen molar-refractivity contribution in [1.29, 1.82) is 0 Å². The predicted molar refractivity (Wildman–Crippen MR) is 89.4 cm³/mol. The lowest BCUT2D eigenvalue weighted by atomic mass is 10.2. The van der Waals surface area contributed by atoms with Crippen LogP contribution in [0, 0.1) is 0 Å². The highest BCUT2D eigenvalue weighted by Gasteiger charge is 2.11. The van der Waals surface area contributed by atoms with Gasteiger partial charge in [-0.25, -0.2) is 9.97 Å². The van der Waals surface area contributed by atoms with E-state index in [1.807, 2.05) is 11.6 Å². The molecule has 0 atom stereocenters. The number of carbonyl (C=O) groups is 1. The summed E-state index contributed by atoms with van der Waals surface area (Å²) in [6.45, 7) is 8.33. The molecule has 21 heavy (non-hydrogen) atoms. The number of anilines is 2. The molecule has 7 heteroatoms. The summed E-state index contributed by atoms with van der Waals surface area (Å²) in [7, 11) is 0. The molecule has 2 heterocycles. The molecule has 2 aromatic heterocycles. The summed E-state index contributed by atoms with van der Waals surface area (Å²) in [5.41, 5.74) is 0.779. The monoisotopic (exact) mass is 324 g/mol. The largest absolute Gasteiger partial charge is 0.359 e. The van der Waals surface area contributed by atoms with Crippen LogP contribution in [0.5, 0.6) is 0 Å². The van der Waals surface area contributed by atoms with Crippen LogP contribution in [0.4, 0.5) is 10.3 Å². The number of rotatable bonds is 6. The van der Waals surface area contributed by atoms with Crippen LogP contribution in [0.15, 0.2) is 11.6 Å². The first kappa shape index (κ1) is 15.9. The van der Waals surface area contributed by atoms with Gasteiger partial charge in [0.1, 0.15) is 0 Å². The normalized spacial score (nSPS) is 11.1. The minimum Gasteiger partial charge on any atom is -0.359 e. The molecular weight excluding hydrogens is 304 g/mol. The first-order chi connectivity index (χ1) is 9.94. The number of hydrogen-bond donors (Lipinski definition) is 2. The van der Waals surface area contributed by atoms with Crippen molar-refractivity contribution in [2.24, 2.45) is 0 Å². The maximum absolute atomic E-state index is 12.0. The summed E-state index contributed by atoms with van der Waals surface area (Å²) in [6, 6.07) is 0.336. The zero-order valence-electron chi connectivity index (χ0n) is 12.6. The van der Waals surface area contributed by atoms with E-state index in [1.54, 1.807) is 0 Å². The summed E-state index contributed by atoms with van der Waals surface area (Å²) in [5, 5.41) is 9.47. The first-order valence-electron chi connectivity index (χ1n) is 6.90. The lowest BCUT2D eigenvalue weighted by molar-refractivity contribution is -0.115. The van der Waals surface area contributed by atoms with Gasteiger partial charge < -0.3 is 10.6 Å². The smallest absolute Gasteiger partial charge is 0.232 e. The number of aromatic nitrogens is 2. The Morgan fingerprint density at radius 1 is 1.29 bits per heavy atom. The lowest BCUT2D eigenvalue weighted by Crippen LogP contribution is -2.14. The Bertz CT molecular complexity index is 604. The Hall–Kier alpha value is -1.47. The van der Waals surface area contributed by atoms with E-state index in [0.717, 1.165) is 10.8 Å². The summed E-state index contributed by atoms with van der Waals surface area (Å²) in [5.74, 6) is 0.345. The van der Waals surface area contributed by atoms with E-state index in [4.69, 9.17) is 0 Å². The van der Waals surface area contributed by atoms with Gasteiger partial charge in [-0.05, 0) is 19.8 Å². The van der Waals surface area contributed by atoms with Gasteiger partial charge in [0.05, 0.1) is 12.1 Å². The molecule has 0 spiro atoms. The number of hydrogen-bond acceptors (Lipinski definition) is 6. The zero-order valence-corrected chi connectivity index (χ0v) is 14.3. The van der Waals surface area contributed by atoms with Crippen molar-refractivity contribution in [3.63, 3.8) is 0 Å². The molecule has 0 unspecified atom stereocenters. The van der Waals surface area contributed by atoms with E-state index in [0.29, 0.717) is 17.1 Å². The molecule has 2 N–H and O–H groups in total. The van der Waals surface area contributed by atoms with Crippen LogP contribution in [-0.4, -0.2) is 21.9 Å². The molecule has 0 aliphatic carbocycles. The molecule has 2 rings (SSSR count). The molecular formula is C14H20N4OS2. The summed E-state index contributed by atoms with van der Waals surface area (Å²) < 4.78 is 0. The third kappa shape index (κ3) is 4.78. The third-order valence-corrected chi connectivity index (χ3v) is 4.68. The van der Waals surface area contributed by atoms with Crippen LogP contribution in [-0.2, 0) is 11.2 Å². The van der Waals surface area contributed by atoms with Crippen molar-refractivity contribution in [3.8, 4) is 0 Å². The maximum Gasteiger partial charge on any atom is 0.232 e. The molecule has 5 nitrogen and oxygen atoms in total. The Labute approximate surface area is 132 Å². The summed E-state index contributed by atoms with van der Waals surface area (Å²) in [4.78, 5) is 21.8. The minimum absolute atomic E-state index is 0.0824. The van der Waals surface area contributed by atoms with E-state index >= 15 is 0 Å². The molecule has 0 radical (unpaired) electrons. The van der Waals surface area contributed by atoms with Crippen LogP contribution in [0.3, 0.4) is 0 Å². The second kappa shape index (κ2) is 7.00. The average molecular weight is 324 g/mol. The van der Waals surface area contributed by atoms with Gasteiger partial charge in [-0.2, -0.15) is 0 Å². The standard InChI is InChI=1S/C14H20N4OS2/c1-8(2)11-6-15-13(21-11)18-12(19)5-10-7-20-14(17-10)16-9(3)4/h6-9H,5H2,1-4H3,(H,16,17)(H,15,18,19). The van der Waals surface area contributed by atoms with E-state index in [1.165, 1.54) is 27.6 Å². The Morgan fingerprint density at radius 3 is 2.67 bits per heavy atom. The fourth-order valence-electron chi connectivity index (χ4n) is 1.64. The minimum atomic E-state index is -0.0824.